The third-order valence-electron chi connectivity index (χ3n) is 4.17. The highest BCUT2D eigenvalue weighted by molar-refractivity contribution is 5.50. The van der Waals surface area contributed by atoms with Crippen LogP contribution >= 0.6 is 0 Å². The summed E-state index contributed by atoms with van der Waals surface area (Å²) in [5, 5.41) is 3.32. The lowest BCUT2D eigenvalue weighted by atomic mass is 9.93. The Morgan fingerprint density at radius 3 is 2.70 bits per heavy atom. The van der Waals surface area contributed by atoms with Gasteiger partial charge in [-0.15, -0.1) is 0 Å². The minimum absolute atomic E-state index is 0.0885. The van der Waals surface area contributed by atoms with E-state index in [1.165, 1.54) is 0 Å². The molecule has 0 bridgehead atoms. The molecule has 1 aliphatic rings. The third-order valence-corrected chi connectivity index (χ3v) is 4.17. The van der Waals surface area contributed by atoms with Gasteiger partial charge in [0.25, 0.3) is 0 Å². The number of nitrogens with zero attached hydrogens (tertiary/aromatic N) is 1. The zero-order valence-corrected chi connectivity index (χ0v) is 13.1. The molecular weight excluding hydrogens is 251 g/mol. The molecule has 1 N–H and O–H groups in total. The fourth-order valence-electron chi connectivity index (χ4n) is 2.98. The number of halogens is 1. The van der Waals surface area contributed by atoms with Crippen LogP contribution in [0.3, 0.4) is 0 Å². The molecule has 1 heterocycles. The van der Waals surface area contributed by atoms with E-state index in [-0.39, 0.29) is 5.82 Å². The van der Waals surface area contributed by atoms with Crippen molar-refractivity contribution < 1.29 is 4.39 Å². The van der Waals surface area contributed by atoms with Gasteiger partial charge in [0.2, 0.25) is 0 Å². The van der Waals surface area contributed by atoms with Gasteiger partial charge in [-0.05, 0) is 43.4 Å². The van der Waals surface area contributed by atoms with Gasteiger partial charge in [-0.2, -0.15) is 0 Å². The van der Waals surface area contributed by atoms with Crippen molar-refractivity contribution in [2.45, 2.75) is 59.2 Å². The molecule has 2 nitrogen and oxygen atoms in total. The lowest BCUT2D eigenvalue weighted by Crippen LogP contribution is -2.40. The summed E-state index contributed by atoms with van der Waals surface area (Å²) in [7, 11) is 0. The van der Waals surface area contributed by atoms with E-state index in [4.69, 9.17) is 0 Å². The molecule has 2 rings (SSSR count). The van der Waals surface area contributed by atoms with Crippen LogP contribution < -0.4 is 10.2 Å². The molecule has 0 saturated carbocycles. The second kappa shape index (κ2) is 6.57. The summed E-state index contributed by atoms with van der Waals surface area (Å²) in [5.41, 5.74) is 1.77. The summed E-state index contributed by atoms with van der Waals surface area (Å²) in [6, 6.07) is 6.50. The number of hydrogen-bond donors (Lipinski definition) is 1. The second-order valence-electron chi connectivity index (χ2n) is 6.49. The first-order valence-corrected chi connectivity index (χ1v) is 7.75. The van der Waals surface area contributed by atoms with Gasteiger partial charge in [-0.25, -0.2) is 4.39 Å². The SMILES string of the molecule is CC1CCN(c2ccc(CNC(C)C)cc2F)C(C)C1. The predicted octanol–water partition coefficient (Wildman–Crippen LogP) is 3.95. The third kappa shape index (κ3) is 3.72. The molecule has 112 valence electrons. The van der Waals surface area contributed by atoms with Crippen LogP contribution in [-0.2, 0) is 6.54 Å². The largest absolute Gasteiger partial charge is 0.366 e. The van der Waals surface area contributed by atoms with E-state index in [0.29, 0.717) is 12.1 Å². The lowest BCUT2D eigenvalue weighted by molar-refractivity contribution is 0.374. The van der Waals surface area contributed by atoms with E-state index in [9.17, 15) is 4.39 Å². The molecule has 1 aromatic rings. The highest BCUT2D eigenvalue weighted by Gasteiger charge is 2.24. The molecule has 20 heavy (non-hydrogen) atoms. The van der Waals surface area contributed by atoms with Crippen LogP contribution in [0, 0.1) is 11.7 Å². The average Bonchev–Trinajstić information content (AvgIpc) is 2.37. The van der Waals surface area contributed by atoms with Crippen LogP contribution in [-0.4, -0.2) is 18.6 Å². The summed E-state index contributed by atoms with van der Waals surface area (Å²) in [4.78, 5) is 2.22. The molecule has 1 aromatic carbocycles. The Labute approximate surface area is 122 Å². The monoisotopic (exact) mass is 278 g/mol. The number of anilines is 1. The molecule has 1 saturated heterocycles. The van der Waals surface area contributed by atoms with E-state index < -0.39 is 0 Å². The van der Waals surface area contributed by atoms with Crippen molar-refractivity contribution in [2.75, 3.05) is 11.4 Å². The van der Waals surface area contributed by atoms with E-state index in [2.05, 4.69) is 37.9 Å². The van der Waals surface area contributed by atoms with Crippen molar-refractivity contribution in [1.82, 2.24) is 5.32 Å². The van der Waals surface area contributed by atoms with Crippen molar-refractivity contribution in [1.29, 1.82) is 0 Å². The zero-order valence-electron chi connectivity index (χ0n) is 13.1. The van der Waals surface area contributed by atoms with Crippen molar-refractivity contribution in [2.24, 2.45) is 5.92 Å². The van der Waals surface area contributed by atoms with Crippen molar-refractivity contribution in [3.05, 3.63) is 29.6 Å². The number of rotatable bonds is 4. The van der Waals surface area contributed by atoms with E-state index in [1.807, 2.05) is 12.1 Å². The molecule has 0 amide bonds. The molecule has 1 fully saturated rings. The number of nitrogens with one attached hydrogen (secondary N) is 1. The van der Waals surface area contributed by atoms with Gasteiger partial charge in [0.05, 0.1) is 5.69 Å². The van der Waals surface area contributed by atoms with Crippen molar-refractivity contribution in [3.63, 3.8) is 0 Å². The molecule has 3 heteroatoms. The number of piperidine rings is 1. The first-order chi connectivity index (χ1) is 9.47. The van der Waals surface area contributed by atoms with Gasteiger partial charge in [-0.1, -0.05) is 26.8 Å². The van der Waals surface area contributed by atoms with Gasteiger partial charge in [0, 0.05) is 25.2 Å². The summed E-state index contributed by atoms with van der Waals surface area (Å²) >= 11 is 0. The number of benzene rings is 1. The van der Waals surface area contributed by atoms with Crippen molar-refractivity contribution in [3.8, 4) is 0 Å². The molecule has 2 atom stereocenters. The van der Waals surface area contributed by atoms with Crippen LogP contribution in [0.5, 0.6) is 0 Å². The zero-order chi connectivity index (χ0) is 14.7. The normalized spacial score (nSPS) is 23.4. The maximum absolute atomic E-state index is 14.4. The predicted molar refractivity (Wildman–Crippen MR) is 83.6 cm³/mol. The first kappa shape index (κ1) is 15.3. The molecule has 0 aromatic heterocycles. The Morgan fingerprint density at radius 1 is 1.35 bits per heavy atom. The van der Waals surface area contributed by atoms with Gasteiger partial charge in [0.15, 0.2) is 0 Å². The first-order valence-electron chi connectivity index (χ1n) is 7.75. The Morgan fingerprint density at radius 2 is 2.10 bits per heavy atom. The van der Waals surface area contributed by atoms with Crippen LogP contribution in [0.1, 0.15) is 46.1 Å². The highest BCUT2D eigenvalue weighted by Crippen LogP contribution is 2.30. The smallest absolute Gasteiger partial charge is 0.146 e. The van der Waals surface area contributed by atoms with E-state index in [0.717, 1.165) is 43.1 Å². The number of hydrogen-bond acceptors (Lipinski definition) is 2. The lowest BCUT2D eigenvalue weighted by Gasteiger charge is -2.38. The maximum Gasteiger partial charge on any atom is 0.146 e. The Hall–Kier alpha value is -1.09. The molecule has 1 aliphatic heterocycles. The summed E-state index contributed by atoms with van der Waals surface area (Å²) in [5.74, 6) is 0.660. The minimum Gasteiger partial charge on any atom is -0.366 e. The Balaban J connectivity index is 2.09. The van der Waals surface area contributed by atoms with Crippen LogP contribution in [0.4, 0.5) is 10.1 Å². The van der Waals surface area contributed by atoms with Gasteiger partial charge in [0.1, 0.15) is 5.82 Å². The standard InChI is InChI=1S/C17H27FN2/c1-12(2)19-11-15-5-6-17(16(18)10-15)20-8-7-13(3)9-14(20)4/h5-6,10,12-14,19H,7-9,11H2,1-4H3. The van der Waals surface area contributed by atoms with Crippen LogP contribution in [0.15, 0.2) is 18.2 Å². The minimum atomic E-state index is -0.0885. The Bertz CT molecular complexity index is 445. The van der Waals surface area contributed by atoms with Gasteiger partial charge >= 0.3 is 0 Å². The second-order valence-corrected chi connectivity index (χ2v) is 6.49. The quantitative estimate of drug-likeness (QED) is 0.897. The average molecular weight is 278 g/mol. The Kier molecular flexibility index (Phi) is 5.03. The fraction of sp³-hybridized carbons (Fsp3) is 0.647. The summed E-state index contributed by atoms with van der Waals surface area (Å²) in [6.07, 6.45) is 2.30. The molecular formula is C17H27FN2. The molecule has 0 aliphatic carbocycles. The fourth-order valence-corrected chi connectivity index (χ4v) is 2.98. The molecule has 0 radical (unpaired) electrons. The summed E-state index contributed by atoms with van der Waals surface area (Å²) < 4.78 is 14.4. The van der Waals surface area contributed by atoms with Gasteiger partial charge in [-0.3, -0.25) is 0 Å². The summed E-state index contributed by atoms with van der Waals surface area (Å²) in [6.45, 7) is 10.4. The topological polar surface area (TPSA) is 15.3 Å². The highest BCUT2D eigenvalue weighted by atomic mass is 19.1. The van der Waals surface area contributed by atoms with E-state index in [1.54, 1.807) is 6.07 Å². The van der Waals surface area contributed by atoms with Crippen LogP contribution in [0.2, 0.25) is 0 Å². The van der Waals surface area contributed by atoms with Crippen LogP contribution in [0.25, 0.3) is 0 Å². The maximum atomic E-state index is 14.4. The van der Waals surface area contributed by atoms with Crippen molar-refractivity contribution >= 4 is 5.69 Å². The molecule has 0 spiro atoms. The molecule has 2 unspecified atom stereocenters. The van der Waals surface area contributed by atoms with E-state index >= 15 is 0 Å². The van der Waals surface area contributed by atoms with Gasteiger partial charge < -0.3 is 10.2 Å².